The molecule has 2 N–H and O–H groups in total. The van der Waals surface area contributed by atoms with E-state index in [2.05, 4.69) is 5.32 Å². The zero-order chi connectivity index (χ0) is 17.0. The number of hydrogen-bond donors (Lipinski definition) is 2. The second-order valence-corrected chi connectivity index (χ2v) is 5.60. The fourth-order valence-corrected chi connectivity index (χ4v) is 2.41. The number of carbonyl (C=O) groups is 1. The summed E-state index contributed by atoms with van der Waals surface area (Å²) in [7, 11) is 0. The minimum Gasteiger partial charge on any atom is -0.514 e. The molecule has 1 heterocycles. The van der Waals surface area contributed by atoms with E-state index in [9.17, 15) is 4.79 Å². The highest BCUT2D eigenvalue weighted by atomic mass is 16.7. The maximum Gasteiger partial charge on any atom is 0.306 e. The summed E-state index contributed by atoms with van der Waals surface area (Å²) in [5, 5.41) is 11.4. The number of rotatable bonds is 9. The molecular formula is C18H25NO5. The molecule has 6 heteroatoms. The van der Waals surface area contributed by atoms with Crippen molar-refractivity contribution in [2.75, 3.05) is 19.8 Å². The first-order chi connectivity index (χ1) is 11.8. The summed E-state index contributed by atoms with van der Waals surface area (Å²) in [5.41, 5.74) is 0.965. The predicted octanol–water partition coefficient (Wildman–Crippen LogP) is 2.82. The Morgan fingerprint density at radius 3 is 2.67 bits per heavy atom. The van der Waals surface area contributed by atoms with Crippen LogP contribution in [0.3, 0.4) is 0 Å². The molecule has 1 aromatic rings. The number of ether oxygens (including phenoxy) is 3. The average molecular weight is 335 g/mol. The summed E-state index contributed by atoms with van der Waals surface area (Å²) in [6.07, 6.45) is 4.77. The molecule has 1 saturated heterocycles. The van der Waals surface area contributed by atoms with Gasteiger partial charge in [0.15, 0.2) is 6.29 Å². The van der Waals surface area contributed by atoms with Gasteiger partial charge in [-0.3, -0.25) is 4.79 Å². The summed E-state index contributed by atoms with van der Waals surface area (Å²) in [4.78, 5) is 11.8. The second kappa shape index (κ2) is 10.7. The van der Waals surface area contributed by atoms with Crippen LogP contribution >= 0.6 is 0 Å². The Morgan fingerprint density at radius 2 is 1.96 bits per heavy atom. The first-order valence-electron chi connectivity index (χ1n) is 8.30. The molecule has 1 fully saturated rings. The molecule has 1 aliphatic heterocycles. The van der Waals surface area contributed by atoms with E-state index < -0.39 is 0 Å². The largest absolute Gasteiger partial charge is 0.514 e. The average Bonchev–Trinajstić information content (AvgIpc) is 2.62. The highest BCUT2D eigenvalue weighted by Gasteiger charge is 2.25. The van der Waals surface area contributed by atoms with E-state index >= 15 is 0 Å². The van der Waals surface area contributed by atoms with Crippen LogP contribution in [0.4, 0.5) is 0 Å². The fraction of sp³-hybridized carbons (Fsp3) is 0.500. The van der Waals surface area contributed by atoms with Crippen LogP contribution < -0.4 is 5.32 Å². The molecule has 6 nitrogen and oxygen atoms in total. The number of esters is 1. The van der Waals surface area contributed by atoms with E-state index in [1.165, 1.54) is 6.20 Å². The van der Waals surface area contributed by atoms with Gasteiger partial charge in [-0.1, -0.05) is 36.8 Å². The van der Waals surface area contributed by atoms with Gasteiger partial charge in [0, 0.05) is 24.7 Å². The number of hydrogen-bond acceptors (Lipinski definition) is 6. The number of carbonyl (C=O) groups excluding carboxylic acids is 1. The predicted molar refractivity (Wildman–Crippen MR) is 89.2 cm³/mol. The van der Waals surface area contributed by atoms with Crippen LogP contribution in [0.5, 0.6) is 0 Å². The van der Waals surface area contributed by atoms with Gasteiger partial charge in [0.2, 0.25) is 0 Å². The van der Waals surface area contributed by atoms with Gasteiger partial charge in [-0.25, -0.2) is 0 Å². The molecule has 1 aromatic carbocycles. The van der Waals surface area contributed by atoms with Crippen molar-refractivity contribution in [2.45, 2.75) is 38.1 Å². The lowest BCUT2D eigenvalue weighted by atomic mass is 10.2. The van der Waals surface area contributed by atoms with Gasteiger partial charge in [0.25, 0.3) is 0 Å². The third kappa shape index (κ3) is 6.60. The minimum atomic E-state index is -0.387. The van der Waals surface area contributed by atoms with Crippen molar-refractivity contribution in [3.05, 3.63) is 48.4 Å². The van der Waals surface area contributed by atoms with Gasteiger partial charge >= 0.3 is 5.97 Å². The second-order valence-electron chi connectivity index (χ2n) is 5.60. The maximum atomic E-state index is 11.8. The zero-order valence-corrected chi connectivity index (χ0v) is 13.7. The molecule has 0 spiro atoms. The van der Waals surface area contributed by atoms with Crippen molar-refractivity contribution >= 4 is 5.97 Å². The summed E-state index contributed by atoms with van der Waals surface area (Å²) in [6.45, 7) is 1.47. The van der Waals surface area contributed by atoms with Gasteiger partial charge in [-0.15, -0.1) is 0 Å². The molecule has 0 radical (unpaired) electrons. The first-order valence-corrected chi connectivity index (χ1v) is 8.30. The Balaban J connectivity index is 1.55. The smallest absolute Gasteiger partial charge is 0.306 e. The SMILES string of the molecule is O=C(CCCCCN/C=C\O)OC1COC(c2ccccc2)OC1. The third-order valence-electron chi connectivity index (χ3n) is 3.63. The molecule has 0 aromatic heterocycles. The van der Waals surface area contributed by atoms with Crippen LogP contribution in [-0.2, 0) is 19.0 Å². The minimum absolute atomic E-state index is 0.214. The molecule has 0 unspecified atom stereocenters. The van der Waals surface area contributed by atoms with Gasteiger partial charge in [-0.2, -0.15) is 0 Å². The summed E-state index contributed by atoms with van der Waals surface area (Å²) < 4.78 is 16.6. The van der Waals surface area contributed by atoms with Crippen LogP contribution in [0, 0.1) is 0 Å². The first kappa shape index (κ1) is 18.3. The highest BCUT2D eigenvalue weighted by molar-refractivity contribution is 5.69. The van der Waals surface area contributed by atoms with Crippen molar-refractivity contribution in [3.63, 3.8) is 0 Å². The van der Waals surface area contributed by atoms with Crippen molar-refractivity contribution in [1.82, 2.24) is 5.32 Å². The van der Waals surface area contributed by atoms with E-state index in [4.69, 9.17) is 19.3 Å². The number of aliphatic hydroxyl groups excluding tert-OH is 1. The van der Waals surface area contributed by atoms with E-state index in [1.807, 2.05) is 30.3 Å². The van der Waals surface area contributed by atoms with Gasteiger partial charge in [0.05, 0.1) is 19.5 Å². The highest BCUT2D eigenvalue weighted by Crippen LogP contribution is 2.23. The standard InChI is InChI=1S/C18H25NO5/c20-12-11-19-10-6-2-5-9-17(21)24-16-13-22-18(23-14-16)15-7-3-1-4-8-15/h1,3-4,7-8,11-12,16,18-20H,2,5-6,9-10,13-14H2/b12-11-. The lowest BCUT2D eigenvalue weighted by Crippen LogP contribution is -2.35. The normalized spacial score (nSPS) is 20.8. The number of benzene rings is 1. The molecule has 0 saturated carbocycles. The molecule has 0 aliphatic carbocycles. The molecule has 0 amide bonds. The molecule has 2 rings (SSSR count). The lowest BCUT2D eigenvalue weighted by molar-refractivity contribution is -0.229. The number of aliphatic hydroxyl groups is 1. The zero-order valence-electron chi connectivity index (χ0n) is 13.7. The van der Waals surface area contributed by atoms with Crippen molar-refractivity contribution < 1.29 is 24.1 Å². The van der Waals surface area contributed by atoms with Crippen LogP contribution in [-0.4, -0.2) is 36.9 Å². The quantitative estimate of drug-likeness (QED) is 0.410. The monoisotopic (exact) mass is 335 g/mol. The van der Waals surface area contributed by atoms with Crippen molar-refractivity contribution in [3.8, 4) is 0 Å². The van der Waals surface area contributed by atoms with E-state index in [1.54, 1.807) is 0 Å². The van der Waals surface area contributed by atoms with Gasteiger partial charge in [0.1, 0.15) is 6.10 Å². The van der Waals surface area contributed by atoms with Gasteiger partial charge in [-0.05, 0) is 12.8 Å². The van der Waals surface area contributed by atoms with Crippen molar-refractivity contribution in [2.24, 2.45) is 0 Å². The maximum absolute atomic E-state index is 11.8. The topological polar surface area (TPSA) is 77.0 Å². The molecule has 24 heavy (non-hydrogen) atoms. The van der Waals surface area contributed by atoms with E-state index in [-0.39, 0.29) is 18.4 Å². The van der Waals surface area contributed by atoms with Crippen LogP contribution in [0.15, 0.2) is 42.8 Å². The number of nitrogens with one attached hydrogen (secondary N) is 1. The van der Waals surface area contributed by atoms with Crippen molar-refractivity contribution in [1.29, 1.82) is 0 Å². The molecule has 0 bridgehead atoms. The fourth-order valence-electron chi connectivity index (χ4n) is 2.41. The Hall–Kier alpha value is -2.05. The Kier molecular flexibility index (Phi) is 8.13. The Morgan fingerprint density at radius 1 is 1.21 bits per heavy atom. The summed E-state index contributed by atoms with van der Waals surface area (Å²) in [5.74, 6) is -0.214. The van der Waals surface area contributed by atoms with E-state index in [0.717, 1.165) is 37.6 Å². The molecular weight excluding hydrogens is 310 g/mol. The molecule has 0 atom stereocenters. The Labute approximate surface area is 142 Å². The number of unbranched alkanes of at least 4 members (excludes halogenated alkanes) is 2. The third-order valence-corrected chi connectivity index (χ3v) is 3.63. The van der Waals surface area contributed by atoms with Gasteiger partial charge < -0.3 is 24.6 Å². The summed E-state index contributed by atoms with van der Waals surface area (Å²) in [6, 6.07) is 9.70. The van der Waals surface area contributed by atoms with E-state index in [0.29, 0.717) is 19.6 Å². The van der Waals surface area contributed by atoms with Crippen LogP contribution in [0.2, 0.25) is 0 Å². The Bertz CT molecular complexity index is 497. The van der Waals surface area contributed by atoms with Crippen LogP contribution in [0.1, 0.15) is 37.5 Å². The summed E-state index contributed by atoms with van der Waals surface area (Å²) >= 11 is 0. The molecule has 1 aliphatic rings. The molecule has 132 valence electrons. The lowest BCUT2D eigenvalue weighted by Gasteiger charge is -2.29. The van der Waals surface area contributed by atoms with Crippen LogP contribution in [0.25, 0.3) is 0 Å².